The van der Waals surface area contributed by atoms with Crippen LogP contribution in [0.4, 0.5) is 0 Å². The lowest BCUT2D eigenvalue weighted by Crippen LogP contribution is -2.63. The second-order valence-corrected chi connectivity index (χ2v) is 6.27. The number of nitrogens with one attached hydrogen (secondary N) is 2. The van der Waals surface area contributed by atoms with E-state index in [9.17, 15) is 9.90 Å². The van der Waals surface area contributed by atoms with Crippen molar-refractivity contribution in [2.24, 2.45) is 11.3 Å². The van der Waals surface area contributed by atoms with Gasteiger partial charge in [0.2, 0.25) is 5.91 Å². The molecule has 2 aliphatic rings. The van der Waals surface area contributed by atoms with Gasteiger partial charge in [-0.2, -0.15) is 0 Å². The van der Waals surface area contributed by atoms with Crippen molar-refractivity contribution in [2.45, 2.75) is 58.2 Å². The molecule has 1 aliphatic heterocycles. The predicted octanol–water partition coefficient (Wildman–Crippen LogP) is 0.650. The van der Waals surface area contributed by atoms with Crippen molar-refractivity contribution in [1.29, 1.82) is 0 Å². The Hall–Kier alpha value is -0.610. The Kier molecular flexibility index (Phi) is 3.46. The van der Waals surface area contributed by atoms with Crippen LogP contribution in [0.15, 0.2) is 0 Å². The number of amides is 1. The van der Waals surface area contributed by atoms with Crippen LogP contribution in [0.5, 0.6) is 0 Å². The van der Waals surface area contributed by atoms with Gasteiger partial charge in [0.05, 0.1) is 12.1 Å². The Morgan fingerprint density at radius 1 is 1.41 bits per heavy atom. The van der Waals surface area contributed by atoms with E-state index in [2.05, 4.69) is 17.6 Å². The zero-order valence-corrected chi connectivity index (χ0v) is 11.0. The summed E-state index contributed by atoms with van der Waals surface area (Å²) in [6, 6.07) is 0.0660. The first kappa shape index (κ1) is 12.8. The first-order valence-electron chi connectivity index (χ1n) is 6.63. The molecule has 2 rings (SSSR count). The number of aliphatic hydroxyl groups is 1. The lowest BCUT2D eigenvalue weighted by atomic mass is 9.64. The molecule has 1 amide bonds. The molecule has 3 N–H and O–H groups in total. The third kappa shape index (κ3) is 2.47. The minimum Gasteiger partial charge on any atom is -0.392 e. The fourth-order valence-electron chi connectivity index (χ4n) is 2.73. The lowest BCUT2D eigenvalue weighted by Gasteiger charge is -2.49. The summed E-state index contributed by atoms with van der Waals surface area (Å²) >= 11 is 0. The average Bonchev–Trinajstić information content (AvgIpc) is 2.28. The van der Waals surface area contributed by atoms with Crippen molar-refractivity contribution in [3.05, 3.63) is 0 Å². The predicted molar refractivity (Wildman–Crippen MR) is 66.5 cm³/mol. The molecule has 0 bridgehead atoms. The summed E-state index contributed by atoms with van der Waals surface area (Å²) in [4.78, 5) is 12.1. The molecular formula is C13H24N2O2. The SMILES string of the molecule is CC1CCNC(C(=O)NC2CC(O)C2(C)C)C1. The molecule has 0 aromatic heterocycles. The molecular weight excluding hydrogens is 216 g/mol. The summed E-state index contributed by atoms with van der Waals surface area (Å²) in [6.45, 7) is 7.13. The van der Waals surface area contributed by atoms with Crippen LogP contribution in [0.3, 0.4) is 0 Å². The van der Waals surface area contributed by atoms with Crippen LogP contribution in [-0.4, -0.2) is 35.7 Å². The monoisotopic (exact) mass is 240 g/mol. The smallest absolute Gasteiger partial charge is 0.237 e. The Bertz CT molecular complexity index is 304. The van der Waals surface area contributed by atoms with E-state index in [-0.39, 0.29) is 29.5 Å². The first-order chi connectivity index (χ1) is 7.91. The Morgan fingerprint density at radius 2 is 2.12 bits per heavy atom. The molecule has 1 saturated carbocycles. The second kappa shape index (κ2) is 4.58. The summed E-state index contributed by atoms with van der Waals surface area (Å²) in [6.07, 6.45) is 2.46. The Morgan fingerprint density at radius 3 is 2.65 bits per heavy atom. The third-order valence-corrected chi connectivity index (χ3v) is 4.51. The van der Waals surface area contributed by atoms with Crippen molar-refractivity contribution >= 4 is 5.91 Å². The van der Waals surface area contributed by atoms with E-state index in [1.165, 1.54) is 0 Å². The van der Waals surface area contributed by atoms with Gasteiger partial charge >= 0.3 is 0 Å². The third-order valence-electron chi connectivity index (χ3n) is 4.51. The molecule has 4 atom stereocenters. The topological polar surface area (TPSA) is 61.4 Å². The molecule has 2 fully saturated rings. The van der Waals surface area contributed by atoms with Crippen LogP contribution >= 0.6 is 0 Å². The Balaban J connectivity index is 1.85. The van der Waals surface area contributed by atoms with Gasteiger partial charge in [-0.25, -0.2) is 0 Å². The number of aliphatic hydroxyl groups excluding tert-OH is 1. The van der Waals surface area contributed by atoms with Crippen molar-refractivity contribution in [2.75, 3.05) is 6.54 Å². The molecule has 4 nitrogen and oxygen atoms in total. The maximum Gasteiger partial charge on any atom is 0.237 e. The zero-order chi connectivity index (χ0) is 12.6. The maximum atomic E-state index is 12.1. The highest BCUT2D eigenvalue weighted by molar-refractivity contribution is 5.82. The second-order valence-electron chi connectivity index (χ2n) is 6.27. The summed E-state index contributed by atoms with van der Waals surface area (Å²) in [5, 5.41) is 16.0. The van der Waals surface area contributed by atoms with Gasteiger partial charge in [0.1, 0.15) is 0 Å². The van der Waals surface area contributed by atoms with Gasteiger partial charge in [-0.15, -0.1) is 0 Å². The molecule has 4 heteroatoms. The largest absolute Gasteiger partial charge is 0.392 e. The lowest BCUT2D eigenvalue weighted by molar-refractivity contribution is -0.132. The van der Waals surface area contributed by atoms with E-state index in [0.29, 0.717) is 12.3 Å². The quantitative estimate of drug-likeness (QED) is 0.664. The molecule has 17 heavy (non-hydrogen) atoms. The fourth-order valence-corrected chi connectivity index (χ4v) is 2.73. The Labute approximate surface area is 103 Å². The number of rotatable bonds is 2. The molecule has 1 aliphatic carbocycles. The highest BCUT2D eigenvalue weighted by Gasteiger charge is 2.48. The zero-order valence-electron chi connectivity index (χ0n) is 11.0. The molecule has 1 saturated heterocycles. The minimum absolute atomic E-state index is 0.0488. The van der Waals surface area contributed by atoms with E-state index >= 15 is 0 Å². The minimum atomic E-state index is -0.286. The van der Waals surface area contributed by atoms with E-state index in [4.69, 9.17) is 0 Å². The number of piperidine rings is 1. The van der Waals surface area contributed by atoms with Gasteiger partial charge in [-0.1, -0.05) is 20.8 Å². The molecule has 0 spiro atoms. The highest BCUT2D eigenvalue weighted by atomic mass is 16.3. The van der Waals surface area contributed by atoms with Gasteiger partial charge in [0, 0.05) is 11.5 Å². The van der Waals surface area contributed by atoms with Crippen LogP contribution in [0.1, 0.15) is 40.0 Å². The van der Waals surface area contributed by atoms with Gasteiger partial charge < -0.3 is 15.7 Å². The fraction of sp³-hybridized carbons (Fsp3) is 0.923. The van der Waals surface area contributed by atoms with E-state index in [1.807, 2.05) is 13.8 Å². The highest BCUT2D eigenvalue weighted by Crippen LogP contribution is 2.40. The average molecular weight is 240 g/mol. The van der Waals surface area contributed by atoms with Gasteiger partial charge in [0.25, 0.3) is 0 Å². The standard InChI is InChI=1S/C13H24N2O2/c1-8-4-5-14-9(6-8)12(17)15-10-7-11(16)13(10,2)3/h8-11,14,16H,4-7H2,1-3H3,(H,15,17). The van der Waals surface area contributed by atoms with Crippen LogP contribution in [0, 0.1) is 11.3 Å². The van der Waals surface area contributed by atoms with Crippen LogP contribution in [0.2, 0.25) is 0 Å². The van der Waals surface area contributed by atoms with E-state index in [1.54, 1.807) is 0 Å². The summed E-state index contributed by atoms with van der Waals surface area (Å²) in [7, 11) is 0. The number of carbonyl (C=O) groups excluding carboxylic acids is 1. The number of carbonyl (C=O) groups is 1. The van der Waals surface area contributed by atoms with E-state index < -0.39 is 0 Å². The maximum absolute atomic E-state index is 12.1. The molecule has 98 valence electrons. The van der Waals surface area contributed by atoms with Crippen LogP contribution in [-0.2, 0) is 4.79 Å². The summed E-state index contributed by atoms with van der Waals surface area (Å²) in [5.41, 5.74) is -0.185. The van der Waals surface area contributed by atoms with Gasteiger partial charge in [0.15, 0.2) is 0 Å². The van der Waals surface area contributed by atoms with Crippen molar-refractivity contribution in [3.63, 3.8) is 0 Å². The molecule has 0 aromatic carbocycles. The molecule has 4 unspecified atom stereocenters. The van der Waals surface area contributed by atoms with E-state index in [0.717, 1.165) is 19.4 Å². The number of hydrogen-bond donors (Lipinski definition) is 3. The van der Waals surface area contributed by atoms with Crippen molar-refractivity contribution in [3.8, 4) is 0 Å². The molecule has 1 heterocycles. The summed E-state index contributed by atoms with van der Waals surface area (Å²) < 4.78 is 0. The number of hydrogen-bond acceptors (Lipinski definition) is 3. The first-order valence-corrected chi connectivity index (χ1v) is 6.63. The summed E-state index contributed by atoms with van der Waals surface area (Å²) in [5.74, 6) is 0.716. The molecule has 0 aromatic rings. The van der Waals surface area contributed by atoms with Gasteiger partial charge in [-0.05, 0) is 31.7 Å². The van der Waals surface area contributed by atoms with Crippen LogP contribution in [0.25, 0.3) is 0 Å². The van der Waals surface area contributed by atoms with Crippen molar-refractivity contribution < 1.29 is 9.90 Å². The molecule has 0 radical (unpaired) electrons. The van der Waals surface area contributed by atoms with Gasteiger partial charge in [-0.3, -0.25) is 4.79 Å². The normalized spacial score (nSPS) is 40.5. The van der Waals surface area contributed by atoms with Crippen LogP contribution < -0.4 is 10.6 Å². The van der Waals surface area contributed by atoms with Crippen molar-refractivity contribution in [1.82, 2.24) is 10.6 Å².